The topological polar surface area (TPSA) is 0 Å². The second-order valence-electron chi connectivity index (χ2n) is 8.96. The number of hydrogen-bond donors (Lipinski definition) is 0. The van der Waals surface area contributed by atoms with Crippen molar-refractivity contribution in [1.29, 1.82) is 0 Å². The molecule has 0 spiro atoms. The summed E-state index contributed by atoms with van der Waals surface area (Å²) in [5, 5.41) is 0. The Balaban J connectivity index is 1.67. The Bertz CT molecular complexity index is 661. The molecule has 0 heteroatoms. The SMILES string of the molecule is C=C(CCC)CCCCCCC1C(=C)C=CC1/C=C/[C@@H](C)CCc1ccccc1. The summed E-state index contributed by atoms with van der Waals surface area (Å²) in [5.41, 5.74) is 4.21. The first-order valence-electron chi connectivity index (χ1n) is 11.9. The summed E-state index contributed by atoms with van der Waals surface area (Å²) in [5.74, 6) is 1.78. The smallest absolute Gasteiger partial charge is 0.00184 e. The lowest BCUT2D eigenvalue weighted by molar-refractivity contribution is 0.473. The van der Waals surface area contributed by atoms with Crippen molar-refractivity contribution in [3.63, 3.8) is 0 Å². The molecule has 2 rings (SSSR count). The molecule has 29 heavy (non-hydrogen) atoms. The van der Waals surface area contributed by atoms with E-state index >= 15 is 0 Å². The molecule has 3 atom stereocenters. The molecule has 1 aliphatic rings. The van der Waals surface area contributed by atoms with E-state index in [1.54, 1.807) is 0 Å². The van der Waals surface area contributed by atoms with Crippen molar-refractivity contribution >= 4 is 0 Å². The van der Waals surface area contributed by atoms with Crippen LogP contribution in [0.3, 0.4) is 0 Å². The fourth-order valence-electron chi connectivity index (χ4n) is 4.34. The molecule has 0 aliphatic heterocycles. The quantitative estimate of drug-likeness (QED) is 0.220. The number of rotatable bonds is 14. The third-order valence-electron chi connectivity index (χ3n) is 6.27. The molecule has 0 amide bonds. The van der Waals surface area contributed by atoms with Crippen molar-refractivity contribution in [1.82, 2.24) is 0 Å². The lowest BCUT2D eigenvalue weighted by Gasteiger charge is -2.18. The van der Waals surface area contributed by atoms with Crippen LogP contribution in [0.15, 0.2) is 78.9 Å². The van der Waals surface area contributed by atoms with Gasteiger partial charge in [-0.2, -0.15) is 0 Å². The Kier molecular flexibility index (Phi) is 10.8. The average molecular weight is 391 g/mol. The maximum atomic E-state index is 4.32. The van der Waals surface area contributed by atoms with Gasteiger partial charge >= 0.3 is 0 Å². The van der Waals surface area contributed by atoms with Crippen molar-refractivity contribution in [3.05, 3.63) is 84.5 Å². The third-order valence-corrected chi connectivity index (χ3v) is 6.27. The van der Waals surface area contributed by atoms with Gasteiger partial charge in [0.25, 0.3) is 0 Å². The summed E-state index contributed by atoms with van der Waals surface area (Å²) in [6, 6.07) is 10.8. The van der Waals surface area contributed by atoms with Crippen molar-refractivity contribution in [3.8, 4) is 0 Å². The van der Waals surface area contributed by atoms with E-state index in [0.717, 1.165) is 6.42 Å². The number of allylic oxidation sites excluding steroid dienone is 6. The highest BCUT2D eigenvalue weighted by atomic mass is 14.3. The first kappa shape index (κ1) is 23.5. The predicted octanol–water partition coefficient (Wildman–Crippen LogP) is 8.87. The minimum atomic E-state index is 0.547. The van der Waals surface area contributed by atoms with Gasteiger partial charge in [-0.25, -0.2) is 0 Å². The number of benzene rings is 1. The Hall–Kier alpha value is -1.82. The van der Waals surface area contributed by atoms with Crippen LogP contribution in [0.1, 0.15) is 77.2 Å². The van der Waals surface area contributed by atoms with Crippen molar-refractivity contribution in [2.45, 2.75) is 78.1 Å². The Labute approximate surface area is 180 Å². The van der Waals surface area contributed by atoms with Gasteiger partial charge in [-0.05, 0) is 55.9 Å². The van der Waals surface area contributed by atoms with Gasteiger partial charge < -0.3 is 0 Å². The van der Waals surface area contributed by atoms with Gasteiger partial charge in [0.2, 0.25) is 0 Å². The van der Waals surface area contributed by atoms with E-state index in [4.69, 9.17) is 0 Å². The van der Waals surface area contributed by atoms with Gasteiger partial charge in [-0.15, -0.1) is 0 Å². The molecule has 0 fully saturated rings. The minimum absolute atomic E-state index is 0.547. The maximum absolute atomic E-state index is 4.32. The molecule has 158 valence electrons. The molecule has 1 aromatic carbocycles. The average Bonchev–Trinajstić information content (AvgIpc) is 3.08. The lowest BCUT2D eigenvalue weighted by Crippen LogP contribution is -2.08. The van der Waals surface area contributed by atoms with Crippen LogP contribution in [0.2, 0.25) is 0 Å². The zero-order valence-electron chi connectivity index (χ0n) is 18.9. The molecule has 0 nitrogen and oxygen atoms in total. The standard InChI is InChI=1S/C29H42/c1-5-13-24(2)14-9-6-7-12-17-29-26(4)20-23-28(29)22-19-25(3)18-21-27-15-10-8-11-16-27/h8,10-11,15-16,19-20,22-23,25,28-29H,2,4-7,9,12-14,17-18,21H2,1,3H3/b22-19+/t25-,28?,29?/m0/s1. The monoisotopic (exact) mass is 390 g/mol. The Morgan fingerprint density at radius 1 is 1.07 bits per heavy atom. The molecule has 2 unspecified atom stereocenters. The normalized spacial score (nSPS) is 19.9. The van der Waals surface area contributed by atoms with E-state index in [1.807, 2.05) is 0 Å². The number of unbranched alkanes of at least 4 members (excludes halogenated alkanes) is 3. The van der Waals surface area contributed by atoms with Crippen LogP contribution in [0, 0.1) is 17.8 Å². The van der Waals surface area contributed by atoms with Crippen LogP contribution in [0.4, 0.5) is 0 Å². The highest BCUT2D eigenvalue weighted by molar-refractivity contribution is 5.30. The van der Waals surface area contributed by atoms with Gasteiger partial charge in [0.05, 0.1) is 0 Å². The van der Waals surface area contributed by atoms with Crippen LogP contribution in [0.25, 0.3) is 0 Å². The van der Waals surface area contributed by atoms with Crippen molar-refractivity contribution in [2.75, 3.05) is 0 Å². The van der Waals surface area contributed by atoms with Crippen LogP contribution in [0.5, 0.6) is 0 Å². The molecule has 0 N–H and O–H groups in total. The van der Waals surface area contributed by atoms with Crippen LogP contribution in [-0.2, 0) is 6.42 Å². The van der Waals surface area contributed by atoms with E-state index in [0.29, 0.717) is 17.8 Å². The summed E-state index contributed by atoms with van der Waals surface area (Å²) < 4.78 is 0. The molecule has 1 aromatic rings. The van der Waals surface area contributed by atoms with Crippen molar-refractivity contribution in [2.24, 2.45) is 17.8 Å². The summed E-state index contributed by atoms with van der Waals surface area (Å²) in [6.45, 7) is 13.1. The lowest BCUT2D eigenvalue weighted by atomic mass is 9.86. The first-order chi connectivity index (χ1) is 14.1. The van der Waals surface area contributed by atoms with E-state index in [2.05, 4.69) is 81.6 Å². The zero-order valence-corrected chi connectivity index (χ0v) is 18.9. The van der Waals surface area contributed by atoms with E-state index < -0.39 is 0 Å². The second kappa shape index (κ2) is 13.4. The maximum Gasteiger partial charge on any atom is 0.00184 e. The van der Waals surface area contributed by atoms with E-state index in [9.17, 15) is 0 Å². The van der Waals surface area contributed by atoms with Crippen LogP contribution < -0.4 is 0 Å². The third kappa shape index (κ3) is 9.03. The Morgan fingerprint density at radius 3 is 2.59 bits per heavy atom. The fraction of sp³-hybridized carbons (Fsp3) is 0.517. The van der Waals surface area contributed by atoms with Crippen LogP contribution >= 0.6 is 0 Å². The molecule has 0 bridgehead atoms. The van der Waals surface area contributed by atoms with Gasteiger partial charge in [-0.3, -0.25) is 0 Å². The summed E-state index contributed by atoms with van der Waals surface area (Å²) in [6.07, 6.45) is 22.1. The molecular weight excluding hydrogens is 348 g/mol. The molecular formula is C29H42. The van der Waals surface area contributed by atoms with Crippen LogP contribution in [-0.4, -0.2) is 0 Å². The van der Waals surface area contributed by atoms with Gasteiger partial charge in [0, 0.05) is 5.92 Å². The van der Waals surface area contributed by atoms with Gasteiger partial charge in [-0.1, -0.05) is 118 Å². The van der Waals surface area contributed by atoms with Crippen molar-refractivity contribution < 1.29 is 0 Å². The van der Waals surface area contributed by atoms with E-state index in [1.165, 1.54) is 74.5 Å². The summed E-state index contributed by atoms with van der Waals surface area (Å²) in [7, 11) is 0. The molecule has 0 saturated heterocycles. The largest absolute Gasteiger partial charge is 0.0999 e. The molecule has 0 radical (unpaired) electrons. The highest BCUT2D eigenvalue weighted by Gasteiger charge is 2.23. The Morgan fingerprint density at radius 2 is 1.83 bits per heavy atom. The first-order valence-corrected chi connectivity index (χ1v) is 11.9. The van der Waals surface area contributed by atoms with Gasteiger partial charge in [0.1, 0.15) is 0 Å². The summed E-state index contributed by atoms with van der Waals surface area (Å²) in [4.78, 5) is 0. The molecule has 0 saturated carbocycles. The fourth-order valence-corrected chi connectivity index (χ4v) is 4.34. The second-order valence-corrected chi connectivity index (χ2v) is 8.96. The zero-order chi connectivity index (χ0) is 20.9. The van der Waals surface area contributed by atoms with E-state index in [-0.39, 0.29) is 0 Å². The van der Waals surface area contributed by atoms with Gasteiger partial charge in [0.15, 0.2) is 0 Å². The highest BCUT2D eigenvalue weighted by Crippen LogP contribution is 2.35. The summed E-state index contributed by atoms with van der Waals surface area (Å²) >= 11 is 0. The number of aryl methyl sites for hydroxylation is 1. The minimum Gasteiger partial charge on any atom is -0.0999 e. The molecule has 1 aliphatic carbocycles. The number of hydrogen-bond acceptors (Lipinski definition) is 0. The molecule has 0 heterocycles. The molecule has 0 aromatic heterocycles. The predicted molar refractivity (Wildman–Crippen MR) is 130 cm³/mol.